The molecule has 0 N–H and O–H groups in total. The Balaban J connectivity index is 2.22. The maximum atomic E-state index is 13.1. The van der Waals surface area contributed by atoms with Gasteiger partial charge in [0.25, 0.3) is 0 Å². The van der Waals surface area contributed by atoms with Crippen LogP contribution in [0.1, 0.15) is 24.7 Å². The van der Waals surface area contributed by atoms with Crippen molar-refractivity contribution in [3.8, 4) is 0 Å². The molecule has 0 radical (unpaired) electrons. The maximum Gasteiger partial charge on any atom is 0.198 e. The van der Waals surface area contributed by atoms with Crippen LogP contribution in [-0.2, 0) is 0 Å². The largest absolute Gasteiger partial charge is 0.440 e. The zero-order valence-electron chi connectivity index (χ0n) is 7.26. The number of hydrogen-bond acceptors (Lipinski definition) is 2. The van der Waals surface area contributed by atoms with Crippen LogP contribution in [-0.4, -0.2) is 4.98 Å². The number of aromatic nitrogens is 1. The van der Waals surface area contributed by atoms with E-state index in [1.165, 1.54) is 12.1 Å². The first kappa shape index (κ1) is 8.24. The number of nitrogens with zero attached hydrogens (tertiary/aromatic N) is 1. The normalized spacial score (nSPS) is 16.4. The van der Waals surface area contributed by atoms with Crippen LogP contribution < -0.4 is 0 Å². The van der Waals surface area contributed by atoms with Gasteiger partial charge in [0.05, 0.1) is 5.02 Å². The highest BCUT2D eigenvalue weighted by atomic mass is 35.5. The average molecular weight is 212 g/mol. The summed E-state index contributed by atoms with van der Waals surface area (Å²) in [4.78, 5) is 4.21. The SMILES string of the molecule is Fc1cc2nc(C3CC3)oc2cc1Cl. The molecular formula is C10H7ClFNO. The predicted octanol–water partition coefficient (Wildman–Crippen LogP) is 3.50. The van der Waals surface area contributed by atoms with Gasteiger partial charge >= 0.3 is 0 Å². The van der Waals surface area contributed by atoms with E-state index in [2.05, 4.69) is 4.98 Å². The molecule has 0 unspecified atom stereocenters. The van der Waals surface area contributed by atoms with Crippen LogP contribution in [0.2, 0.25) is 5.02 Å². The van der Waals surface area contributed by atoms with Gasteiger partial charge in [-0.3, -0.25) is 0 Å². The highest BCUT2D eigenvalue weighted by molar-refractivity contribution is 6.31. The molecule has 0 bridgehead atoms. The third-order valence-corrected chi connectivity index (χ3v) is 2.66. The molecule has 72 valence electrons. The fourth-order valence-electron chi connectivity index (χ4n) is 1.45. The lowest BCUT2D eigenvalue weighted by Gasteiger charge is -1.90. The van der Waals surface area contributed by atoms with Crippen LogP contribution in [0.4, 0.5) is 4.39 Å². The third kappa shape index (κ3) is 1.20. The van der Waals surface area contributed by atoms with Crippen LogP contribution in [0.5, 0.6) is 0 Å². The molecule has 1 aliphatic rings. The van der Waals surface area contributed by atoms with Crippen LogP contribution >= 0.6 is 11.6 Å². The molecule has 1 aliphatic carbocycles. The Labute approximate surface area is 84.7 Å². The average Bonchev–Trinajstić information content (AvgIpc) is 2.90. The molecule has 0 aliphatic heterocycles. The zero-order valence-corrected chi connectivity index (χ0v) is 8.01. The van der Waals surface area contributed by atoms with Crippen molar-refractivity contribution in [3.63, 3.8) is 0 Å². The Hall–Kier alpha value is -1.09. The lowest BCUT2D eigenvalue weighted by atomic mass is 10.3. The summed E-state index contributed by atoms with van der Waals surface area (Å²) in [6, 6.07) is 2.79. The van der Waals surface area contributed by atoms with E-state index in [1.54, 1.807) is 0 Å². The quantitative estimate of drug-likeness (QED) is 0.722. The standard InChI is InChI=1S/C10H7ClFNO/c11-6-3-9-8(4-7(6)12)13-10(14-9)5-1-2-5/h3-5H,1-2H2. The molecule has 0 atom stereocenters. The van der Waals surface area contributed by atoms with Gasteiger partial charge in [-0.1, -0.05) is 11.6 Å². The minimum atomic E-state index is -0.449. The zero-order chi connectivity index (χ0) is 9.71. The smallest absolute Gasteiger partial charge is 0.198 e. The first-order chi connectivity index (χ1) is 6.74. The summed E-state index contributed by atoms with van der Waals surface area (Å²) < 4.78 is 18.5. The predicted molar refractivity (Wildman–Crippen MR) is 51.0 cm³/mol. The first-order valence-corrected chi connectivity index (χ1v) is 4.87. The van der Waals surface area contributed by atoms with Gasteiger partial charge in [0, 0.05) is 18.1 Å². The van der Waals surface area contributed by atoms with Crippen molar-refractivity contribution in [2.45, 2.75) is 18.8 Å². The van der Waals surface area contributed by atoms with Crippen molar-refractivity contribution in [1.29, 1.82) is 0 Å². The fraction of sp³-hybridized carbons (Fsp3) is 0.300. The number of fused-ring (bicyclic) bond motifs is 1. The first-order valence-electron chi connectivity index (χ1n) is 4.49. The number of halogens is 2. The van der Waals surface area contributed by atoms with Crippen molar-refractivity contribution in [2.24, 2.45) is 0 Å². The molecule has 2 aromatic rings. The van der Waals surface area contributed by atoms with Gasteiger partial charge in [-0.25, -0.2) is 9.37 Å². The number of hydrogen-bond donors (Lipinski definition) is 0. The second-order valence-corrected chi connectivity index (χ2v) is 3.97. The molecule has 1 fully saturated rings. The van der Waals surface area contributed by atoms with E-state index in [1.807, 2.05) is 0 Å². The fourth-order valence-corrected chi connectivity index (χ4v) is 1.60. The molecule has 2 nitrogen and oxygen atoms in total. The molecule has 1 aromatic heterocycles. The summed E-state index contributed by atoms with van der Waals surface area (Å²) in [6.45, 7) is 0. The van der Waals surface area contributed by atoms with Gasteiger partial charge in [-0.15, -0.1) is 0 Å². The lowest BCUT2D eigenvalue weighted by Crippen LogP contribution is -1.77. The monoisotopic (exact) mass is 211 g/mol. The molecule has 1 saturated carbocycles. The van der Waals surface area contributed by atoms with Crippen molar-refractivity contribution in [3.05, 3.63) is 28.9 Å². The minimum Gasteiger partial charge on any atom is -0.440 e. The van der Waals surface area contributed by atoms with Gasteiger partial charge in [0.2, 0.25) is 0 Å². The van der Waals surface area contributed by atoms with Crippen molar-refractivity contribution >= 4 is 22.7 Å². The number of rotatable bonds is 1. The highest BCUT2D eigenvalue weighted by Gasteiger charge is 2.29. The van der Waals surface area contributed by atoms with Crippen molar-refractivity contribution < 1.29 is 8.81 Å². The summed E-state index contributed by atoms with van der Waals surface area (Å²) in [5.41, 5.74) is 1.12. The van der Waals surface area contributed by atoms with Crippen LogP contribution in [0.3, 0.4) is 0 Å². The Morgan fingerprint density at radius 2 is 2.21 bits per heavy atom. The van der Waals surface area contributed by atoms with E-state index in [-0.39, 0.29) is 5.02 Å². The minimum absolute atomic E-state index is 0.0796. The Bertz CT molecular complexity index is 465. The second kappa shape index (κ2) is 2.70. The molecule has 3 rings (SSSR count). The van der Waals surface area contributed by atoms with Gasteiger partial charge in [0.15, 0.2) is 11.5 Å². The van der Waals surface area contributed by atoms with Crippen molar-refractivity contribution in [1.82, 2.24) is 4.98 Å². The summed E-state index contributed by atoms with van der Waals surface area (Å²) in [5.74, 6) is 0.695. The van der Waals surface area contributed by atoms with Crippen LogP contribution in [0, 0.1) is 5.82 Å². The van der Waals surface area contributed by atoms with E-state index in [0.29, 0.717) is 22.9 Å². The summed E-state index contributed by atoms with van der Waals surface area (Å²) >= 11 is 5.63. The van der Waals surface area contributed by atoms with E-state index in [0.717, 1.165) is 12.8 Å². The van der Waals surface area contributed by atoms with E-state index in [9.17, 15) is 4.39 Å². The Morgan fingerprint density at radius 3 is 2.93 bits per heavy atom. The topological polar surface area (TPSA) is 26.0 Å². The summed E-state index contributed by atoms with van der Waals surface area (Å²) in [7, 11) is 0. The lowest BCUT2D eigenvalue weighted by molar-refractivity contribution is 0.532. The van der Waals surface area contributed by atoms with E-state index < -0.39 is 5.82 Å². The molecule has 0 spiro atoms. The summed E-state index contributed by atoms with van der Waals surface area (Å²) in [6.07, 6.45) is 2.23. The van der Waals surface area contributed by atoms with Crippen molar-refractivity contribution in [2.75, 3.05) is 0 Å². The molecule has 0 amide bonds. The highest BCUT2D eigenvalue weighted by Crippen LogP contribution is 2.40. The summed E-state index contributed by atoms with van der Waals surface area (Å²) in [5, 5.41) is 0.0796. The molecular weight excluding hydrogens is 205 g/mol. The molecule has 14 heavy (non-hydrogen) atoms. The van der Waals surface area contributed by atoms with Crippen LogP contribution in [0.25, 0.3) is 11.1 Å². The van der Waals surface area contributed by atoms with Gasteiger partial charge in [-0.05, 0) is 12.8 Å². The Kier molecular flexibility index (Phi) is 1.59. The molecule has 1 aromatic carbocycles. The van der Waals surface area contributed by atoms with Gasteiger partial charge in [-0.2, -0.15) is 0 Å². The van der Waals surface area contributed by atoms with Gasteiger partial charge < -0.3 is 4.42 Å². The Morgan fingerprint density at radius 1 is 1.43 bits per heavy atom. The van der Waals surface area contributed by atoms with E-state index in [4.69, 9.17) is 16.0 Å². The van der Waals surface area contributed by atoms with Crippen LogP contribution in [0.15, 0.2) is 16.5 Å². The molecule has 4 heteroatoms. The van der Waals surface area contributed by atoms with Gasteiger partial charge in [0.1, 0.15) is 11.3 Å². The molecule has 1 heterocycles. The third-order valence-electron chi connectivity index (χ3n) is 2.37. The number of oxazole rings is 1. The van der Waals surface area contributed by atoms with E-state index >= 15 is 0 Å². The second-order valence-electron chi connectivity index (χ2n) is 3.56. The molecule has 0 saturated heterocycles. The number of benzene rings is 1. The maximum absolute atomic E-state index is 13.1.